The van der Waals surface area contributed by atoms with Crippen molar-refractivity contribution < 1.29 is 22.4 Å². The Hall–Kier alpha value is -1.59. The third-order valence-corrected chi connectivity index (χ3v) is 1.82. The van der Waals surface area contributed by atoms with Crippen molar-refractivity contribution in [2.45, 2.75) is 13.1 Å². The van der Waals surface area contributed by atoms with Crippen LogP contribution in [0.3, 0.4) is 0 Å². The number of Topliss-reactive ketones (excluding diaryl/α,β-unsaturated/α-hetero) is 1. The van der Waals surface area contributed by atoms with Crippen molar-refractivity contribution in [2.24, 2.45) is 0 Å². The van der Waals surface area contributed by atoms with Crippen molar-refractivity contribution in [3.05, 3.63) is 29.1 Å². The van der Waals surface area contributed by atoms with E-state index in [1.807, 2.05) is 0 Å². The van der Waals surface area contributed by atoms with E-state index >= 15 is 0 Å². The van der Waals surface area contributed by atoms with Gasteiger partial charge in [0.1, 0.15) is 5.82 Å². The number of rotatable bonds is 1. The first-order valence-electron chi connectivity index (χ1n) is 3.90. The van der Waals surface area contributed by atoms with Crippen LogP contribution in [0.5, 0.6) is 0 Å². The molecule has 0 saturated carbocycles. The molecule has 2 nitrogen and oxygen atoms in total. The fraction of sp³-hybridized carbons (Fsp3) is 0.222. The van der Waals surface area contributed by atoms with Gasteiger partial charge in [0.2, 0.25) is 0 Å². The number of benzene rings is 1. The molecule has 0 amide bonds. The van der Waals surface area contributed by atoms with Crippen molar-refractivity contribution in [1.29, 1.82) is 0 Å². The van der Waals surface area contributed by atoms with Gasteiger partial charge in [0.25, 0.3) is 0 Å². The average molecular weight is 221 g/mol. The lowest BCUT2D eigenvalue weighted by molar-refractivity contribution is -0.138. The number of anilines is 1. The van der Waals surface area contributed by atoms with E-state index in [4.69, 9.17) is 5.73 Å². The Morgan fingerprint density at radius 3 is 2.27 bits per heavy atom. The summed E-state index contributed by atoms with van der Waals surface area (Å²) in [5.41, 5.74) is 2.67. The second kappa shape index (κ2) is 3.52. The molecule has 82 valence electrons. The highest BCUT2D eigenvalue weighted by molar-refractivity contribution is 5.96. The molecule has 0 aromatic heterocycles. The number of nitrogen functional groups attached to an aromatic ring is 1. The number of ketones is 1. The molecule has 0 unspecified atom stereocenters. The molecule has 0 spiro atoms. The smallest absolute Gasteiger partial charge is 0.396 e. The lowest BCUT2D eigenvalue weighted by Crippen LogP contribution is -2.13. The SMILES string of the molecule is CC(=O)c1cc(N)c(F)cc1C(F)(F)F. The molecule has 0 heterocycles. The molecule has 0 saturated heterocycles. The van der Waals surface area contributed by atoms with Crippen molar-refractivity contribution in [3.8, 4) is 0 Å². The predicted octanol–water partition coefficient (Wildman–Crippen LogP) is 2.63. The highest BCUT2D eigenvalue weighted by Gasteiger charge is 2.35. The summed E-state index contributed by atoms with van der Waals surface area (Å²) < 4.78 is 49.9. The van der Waals surface area contributed by atoms with Gasteiger partial charge in [-0.2, -0.15) is 13.2 Å². The molecule has 0 fully saturated rings. The molecule has 0 atom stereocenters. The molecular weight excluding hydrogens is 214 g/mol. The number of nitrogens with two attached hydrogens (primary N) is 1. The molecular formula is C9H7F4NO. The number of halogens is 4. The number of hydrogen-bond donors (Lipinski definition) is 1. The lowest BCUT2D eigenvalue weighted by Gasteiger charge is -2.11. The van der Waals surface area contributed by atoms with Crippen molar-refractivity contribution in [2.75, 3.05) is 5.73 Å². The molecule has 2 N–H and O–H groups in total. The van der Waals surface area contributed by atoms with Gasteiger partial charge < -0.3 is 5.73 Å². The fourth-order valence-corrected chi connectivity index (χ4v) is 1.12. The van der Waals surface area contributed by atoms with Crippen molar-refractivity contribution >= 4 is 11.5 Å². The van der Waals surface area contributed by atoms with E-state index < -0.39 is 34.6 Å². The van der Waals surface area contributed by atoms with E-state index in [9.17, 15) is 22.4 Å². The summed E-state index contributed by atoms with van der Waals surface area (Å²) in [6, 6.07) is 0.923. The quantitative estimate of drug-likeness (QED) is 0.450. The summed E-state index contributed by atoms with van der Waals surface area (Å²) in [5.74, 6) is -2.00. The third-order valence-electron chi connectivity index (χ3n) is 1.82. The van der Waals surface area contributed by atoms with Gasteiger partial charge >= 0.3 is 6.18 Å². The first kappa shape index (κ1) is 11.5. The molecule has 6 heteroatoms. The summed E-state index contributed by atoms with van der Waals surface area (Å²) in [4.78, 5) is 10.9. The zero-order chi connectivity index (χ0) is 11.8. The van der Waals surface area contributed by atoms with Crippen LogP contribution in [0.15, 0.2) is 12.1 Å². The monoisotopic (exact) mass is 221 g/mol. The van der Waals surface area contributed by atoms with Gasteiger partial charge in [0.05, 0.1) is 11.3 Å². The van der Waals surface area contributed by atoms with E-state index in [1.165, 1.54) is 0 Å². The topological polar surface area (TPSA) is 43.1 Å². The Morgan fingerprint density at radius 1 is 1.33 bits per heavy atom. The molecule has 15 heavy (non-hydrogen) atoms. The Bertz CT molecular complexity index is 411. The minimum absolute atomic E-state index is 0.228. The van der Waals surface area contributed by atoms with E-state index in [1.54, 1.807) is 0 Å². The number of carbonyl (C=O) groups is 1. The lowest BCUT2D eigenvalue weighted by atomic mass is 10.0. The highest BCUT2D eigenvalue weighted by Crippen LogP contribution is 2.34. The Kier molecular flexibility index (Phi) is 2.70. The maximum atomic E-state index is 12.8. The van der Waals surface area contributed by atoms with Gasteiger partial charge in [-0.25, -0.2) is 4.39 Å². The first-order chi connectivity index (χ1) is 6.73. The van der Waals surface area contributed by atoms with Crippen LogP contribution in [0.1, 0.15) is 22.8 Å². The number of carbonyl (C=O) groups excluding carboxylic acids is 1. The van der Waals surface area contributed by atoms with Crippen LogP contribution in [0.4, 0.5) is 23.2 Å². The normalized spacial score (nSPS) is 11.5. The van der Waals surface area contributed by atoms with Gasteiger partial charge in [-0.15, -0.1) is 0 Å². The van der Waals surface area contributed by atoms with E-state index in [-0.39, 0.29) is 6.07 Å². The van der Waals surface area contributed by atoms with Crippen LogP contribution in [-0.4, -0.2) is 5.78 Å². The molecule has 0 bridgehead atoms. The molecule has 0 radical (unpaired) electrons. The minimum atomic E-state index is -4.77. The minimum Gasteiger partial charge on any atom is -0.396 e. The Balaban J connectivity index is 3.49. The van der Waals surface area contributed by atoms with Crippen molar-refractivity contribution in [3.63, 3.8) is 0 Å². The largest absolute Gasteiger partial charge is 0.417 e. The maximum Gasteiger partial charge on any atom is 0.417 e. The molecule has 1 rings (SSSR count). The van der Waals surface area contributed by atoms with E-state index in [2.05, 4.69) is 0 Å². The predicted molar refractivity (Wildman–Crippen MR) is 45.8 cm³/mol. The summed E-state index contributed by atoms with van der Waals surface area (Å²) >= 11 is 0. The zero-order valence-electron chi connectivity index (χ0n) is 7.65. The van der Waals surface area contributed by atoms with Gasteiger partial charge in [0.15, 0.2) is 5.78 Å². The number of hydrogen-bond acceptors (Lipinski definition) is 2. The maximum absolute atomic E-state index is 12.8. The number of alkyl halides is 3. The summed E-state index contributed by atoms with van der Waals surface area (Å²) in [6.07, 6.45) is -4.77. The fourth-order valence-electron chi connectivity index (χ4n) is 1.12. The van der Waals surface area contributed by atoms with Crippen LogP contribution < -0.4 is 5.73 Å². The van der Waals surface area contributed by atoms with E-state index in [0.717, 1.165) is 6.92 Å². The van der Waals surface area contributed by atoms with Crippen molar-refractivity contribution in [1.82, 2.24) is 0 Å². The van der Waals surface area contributed by atoms with Crippen LogP contribution in [0.25, 0.3) is 0 Å². The van der Waals surface area contributed by atoms with Gasteiger partial charge in [0, 0.05) is 5.56 Å². The standard InChI is InChI=1S/C9H7F4NO/c1-4(15)5-2-8(14)7(10)3-6(5)9(11,12)13/h2-3H,14H2,1H3. The molecule has 0 aliphatic carbocycles. The highest BCUT2D eigenvalue weighted by atomic mass is 19.4. The summed E-state index contributed by atoms with van der Waals surface area (Å²) in [6.45, 7) is 0.960. The molecule has 0 aliphatic rings. The summed E-state index contributed by atoms with van der Waals surface area (Å²) in [5, 5.41) is 0. The van der Waals surface area contributed by atoms with E-state index in [0.29, 0.717) is 6.07 Å². The van der Waals surface area contributed by atoms with Crippen LogP contribution in [-0.2, 0) is 6.18 Å². The van der Waals surface area contributed by atoms with Gasteiger partial charge in [-0.05, 0) is 19.1 Å². The third kappa shape index (κ3) is 2.26. The first-order valence-corrected chi connectivity index (χ1v) is 3.90. The van der Waals surface area contributed by atoms with Crippen LogP contribution in [0.2, 0.25) is 0 Å². The molecule has 1 aromatic rings. The van der Waals surface area contributed by atoms with Gasteiger partial charge in [-0.1, -0.05) is 0 Å². The van der Waals surface area contributed by atoms with Crippen LogP contribution in [0, 0.1) is 5.82 Å². The Labute approximate surface area is 82.7 Å². The molecule has 1 aromatic carbocycles. The van der Waals surface area contributed by atoms with Crippen LogP contribution >= 0.6 is 0 Å². The second-order valence-corrected chi connectivity index (χ2v) is 2.97. The van der Waals surface area contributed by atoms with Gasteiger partial charge in [-0.3, -0.25) is 4.79 Å². The average Bonchev–Trinajstić information content (AvgIpc) is 2.06. The molecule has 0 aliphatic heterocycles. The second-order valence-electron chi connectivity index (χ2n) is 2.97. The zero-order valence-corrected chi connectivity index (χ0v) is 7.65. The summed E-state index contributed by atoms with van der Waals surface area (Å²) in [7, 11) is 0. The Morgan fingerprint density at radius 2 is 1.87 bits per heavy atom.